The molecular weight excluding hydrogens is 220 g/mol. The van der Waals surface area contributed by atoms with E-state index in [0.29, 0.717) is 0 Å². The molecule has 0 amide bonds. The highest BCUT2D eigenvalue weighted by molar-refractivity contribution is 8.13. The van der Waals surface area contributed by atoms with E-state index in [1.54, 1.807) is 14.0 Å². The van der Waals surface area contributed by atoms with Crippen molar-refractivity contribution in [2.24, 2.45) is 0 Å². The van der Waals surface area contributed by atoms with Gasteiger partial charge in [-0.15, -0.1) is 0 Å². The average molecular weight is 236 g/mol. The summed E-state index contributed by atoms with van der Waals surface area (Å²) < 4.78 is 5.18. The quantitative estimate of drug-likeness (QED) is 0.802. The van der Waals surface area contributed by atoms with Crippen molar-refractivity contribution in [2.45, 2.75) is 13.8 Å². The van der Waals surface area contributed by atoms with E-state index >= 15 is 0 Å². The van der Waals surface area contributed by atoms with Gasteiger partial charge < -0.3 is 4.74 Å². The van der Waals surface area contributed by atoms with Gasteiger partial charge in [-0.05, 0) is 30.2 Å². The van der Waals surface area contributed by atoms with Gasteiger partial charge in [-0.2, -0.15) is 0 Å². The van der Waals surface area contributed by atoms with Crippen molar-refractivity contribution >= 4 is 23.0 Å². The molecule has 0 saturated carbocycles. The van der Waals surface area contributed by atoms with Crippen LogP contribution in [0.15, 0.2) is 24.3 Å². The first-order chi connectivity index (χ1) is 7.63. The minimum atomic E-state index is 0.149. The van der Waals surface area contributed by atoms with Gasteiger partial charge in [0.15, 0.2) is 5.12 Å². The Bertz CT molecular complexity index is 397. The molecule has 1 aromatic rings. The van der Waals surface area contributed by atoms with Gasteiger partial charge in [0.1, 0.15) is 5.75 Å². The largest absolute Gasteiger partial charge is 0.496 e. The zero-order valence-corrected chi connectivity index (χ0v) is 10.6. The maximum Gasteiger partial charge on any atom is 0.186 e. The fourth-order valence-corrected chi connectivity index (χ4v) is 1.78. The number of hydrogen-bond donors (Lipinski definition) is 0. The summed E-state index contributed by atoms with van der Waals surface area (Å²) in [5.41, 5.74) is 2.24. The van der Waals surface area contributed by atoms with Crippen molar-refractivity contribution in [1.29, 1.82) is 0 Å². The number of thioether (sulfide) groups is 1. The van der Waals surface area contributed by atoms with Crippen LogP contribution in [0, 0.1) is 6.92 Å². The summed E-state index contributed by atoms with van der Waals surface area (Å²) in [7, 11) is 1.67. The Morgan fingerprint density at radius 3 is 2.81 bits per heavy atom. The van der Waals surface area contributed by atoms with Crippen molar-refractivity contribution in [1.82, 2.24) is 0 Å². The molecule has 0 heterocycles. The summed E-state index contributed by atoms with van der Waals surface area (Å²) in [6.07, 6.45) is 4.01. The Morgan fingerprint density at radius 2 is 2.25 bits per heavy atom. The van der Waals surface area contributed by atoms with Crippen LogP contribution in [-0.4, -0.2) is 18.0 Å². The number of methoxy groups -OCH3 is 1. The van der Waals surface area contributed by atoms with E-state index in [2.05, 4.69) is 6.07 Å². The maximum absolute atomic E-state index is 10.7. The number of rotatable bonds is 4. The van der Waals surface area contributed by atoms with Crippen molar-refractivity contribution < 1.29 is 9.53 Å². The first-order valence-corrected chi connectivity index (χ1v) is 6.06. The molecule has 0 aliphatic rings. The summed E-state index contributed by atoms with van der Waals surface area (Å²) in [6.45, 7) is 3.59. The second kappa shape index (κ2) is 6.38. The summed E-state index contributed by atoms with van der Waals surface area (Å²) in [6, 6.07) is 6.02. The number of carbonyl (C=O) groups is 1. The average Bonchev–Trinajstić information content (AvgIpc) is 2.24. The molecule has 16 heavy (non-hydrogen) atoms. The molecule has 2 nitrogen and oxygen atoms in total. The summed E-state index contributed by atoms with van der Waals surface area (Å²) in [4.78, 5) is 10.7. The Balaban J connectivity index is 2.61. The van der Waals surface area contributed by atoms with E-state index < -0.39 is 0 Å². The molecule has 0 N–H and O–H groups in total. The molecule has 3 heteroatoms. The van der Waals surface area contributed by atoms with Gasteiger partial charge >= 0.3 is 0 Å². The van der Waals surface area contributed by atoms with Crippen LogP contribution in [0.3, 0.4) is 0 Å². The predicted molar refractivity (Wildman–Crippen MR) is 69.9 cm³/mol. The van der Waals surface area contributed by atoms with E-state index in [1.165, 1.54) is 11.8 Å². The number of hydrogen-bond acceptors (Lipinski definition) is 3. The first kappa shape index (κ1) is 12.8. The third-order valence-electron chi connectivity index (χ3n) is 2.11. The SMILES string of the molecule is COc1ccc(C=CCSC(C)=O)cc1C. The molecule has 0 spiro atoms. The summed E-state index contributed by atoms with van der Waals surface area (Å²) in [5.74, 6) is 1.62. The zero-order valence-electron chi connectivity index (χ0n) is 9.82. The molecule has 0 bridgehead atoms. The number of aryl methyl sites for hydroxylation is 1. The van der Waals surface area contributed by atoms with Gasteiger partial charge in [-0.3, -0.25) is 4.79 Å². The number of carbonyl (C=O) groups excluding carboxylic acids is 1. The minimum Gasteiger partial charge on any atom is -0.496 e. The summed E-state index contributed by atoms with van der Waals surface area (Å²) >= 11 is 1.31. The molecule has 0 fully saturated rings. The lowest BCUT2D eigenvalue weighted by Crippen LogP contribution is -1.87. The van der Waals surface area contributed by atoms with Crippen molar-refractivity contribution in [3.63, 3.8) is 0 Å². The van der Waals surface area contributed by atoms with Crippen LogP contribution in [0.1, 0.15) is 18.1 Å². The highest BCUT2D eigenvalue weighted by Crippen LogP contribution is 2.19. The van der Waals surface area contributed by atoms with Gasteiger partial charge in [-0.25, -0.2) is 0 Å². The molecule has 0 aliphatic carbocycles. The molecule has 86 valence electrons. The lowest BCUT2D eigenvalue weighted by atomic mass is 10.1. The van der Waals surface area contributed by atoms with Crippen LogP contribution in [0.4, 0.5) is 0 Å². The predicted octanol–water partition coefficient (Wildman–Crippen LogP) is 3.30. The fraction of sp³-hybridized carbons (Fsp3) is 0.308. The Kier molecular flexibility index (Phi) is 5.12. The standard InChI is InChI=1S/C13H16O2S/c1-10-9-12(6-7-13(10)15-3)5-4-8-16-11(2)14/h4-7,9H,8H2,1-3H3. The van der Waals surface area contributed by atoms with Gasteiger partial charge in [-0.1, -0.05) is 30.0 Å². The Labute approximate surface area is 101 Å². The third-order valence-corrected chi connectivity index (χ3v) is 2.88. The van der Waals surface area contributed by atoms with E-state index in [9.17, 15) is 4.79 Å². The van der Waals surface area contributed by atoms with Gasteiger partial charge in [0.2, 0.25) is 0 Å². The highest BCUT2D eigenvalue weighted by Gasteiger charge is 1.97. The van der Waals surface area contributed by atoms with E-state index in [-0.39, 0.29) is 5.12 Å². The lowest BCUT2D eigenvalue weighted by Gasteiger charge is -2.04. The van der Waals surface area contributed by atoms with Crippen LogP contribution < -0.4 is 4.74 Å². The zero-order chi connectivity index (χ0) is 12.0. The smallest absolute Gasteiger partial charge is 0.186 e. The minimum absolute atomic E-state index is 0.149. The van der Waals surface area contributed by atoms with E-state index in [0.717, 1.165) is 22.6 Å². The molecule has 0 atom stereocenters. The van der Waals surface area contributed by atoms with Gasteiger partial charge in [0.05, 0.1) is 7.11 Å². The molecule has 1 rings (SSSR count). The Morgan fingerprint density at radius 1 is 1.50 bits per heavy atom. The lowest BCUT2D eigenvalue weighted by molar-refractivity contribution is -0.109. The molecule has 0 radical (unpaired) electrons. The topological polar surface area (TPSA) is 26.3 Å². The second-order valence-corrected chi connectivity index (χ2v) is 4.63. The molecule has 0 unspecified atom stereocenters. The monoisotopic (exact) mass is 236 g/mol. The molecular formula is C13H16O2S. The molecule has 0 aromatic heterocycles. The van der Waals surface area contributed by atoms with Crippen LogP contribution in [0.25, 0.3) is 6.08 Å². The first-order valence-electron chi connectivity index (χ1n) is 5.08. The van der Waals surface area contributed by atoms with E-state index in [1.807, 2.05) is 31.2 Å². The van der Waals surface area contributed by atoms with Gasteiger partial charge in [0, 0.05) is 12.7 Å². The van der Waals surface area contributed by atoms with Crippen LogP contribution in [0.2, 0.25) is 0 Å². The normalized spacial score (nSPS) is 10.7. The second-order valence-electron chi connectivity index (χ2n) is 3.43. The van der Waals surface area contributed by atoms with Crippen LogP contribution >= 0.6 is 11.8 Å². The molecule has 1 aromatic carbocycles. The van der Waals surface area contributed by atoms with Crippen LogP contribution in [-0.2, 0) is 4.79 Å². The molecule has 0 aliphatic heterocycles. The summed E-state index contributed by atoms with van der Waals surface area (Å²) in [5, 5.41) is 0.149. The molecule has 0 saturated heterocycles. The number of ether oxygens (including phenoxy) is 1. The van der Waals surface area contributed by atoms with Crippen LogP contribution in [0.5, 0.6) is 5.75 Å². The number of benzene rings is 1. The van der Waals surface area contributed by atoms with E-state index in [4.69, 9.17) is 4.74 Å². The van der Waals surface area contributed by atoms with Crippen molar-refractivity contribution in [3.8, 4) is 5.75 Å². The maximum atomic E-state index is 10.7. The van der Waals surface area contributed by atoms with Crippen molar-refractivity contribution in [3.05, 3.63) is 35.4 Å². The third kappa shape index (κ3) is 4.11. The van der Waals surface area contributed by atoms with Crippen molar-refractivity contribution in [2.75, 3.05) is 12.9 Å². The highest BCUT2D eigenvalue weighted by atomic mass is 32.2. The van der Waals surface area contributed by atoms with Gasteiger partial charge in [0.25, 0.3) is 0 Å². The fourth-order valence-electron chi connectivity index (χ4n) is 1.35. The Hall–Kier alpha value is -1.22.